The number of alkyl halides is 3. The summed E-state index contributed by atoms with van der Waals surface area (Å²) in [5.74, 6) is 0.382. The molecular formula is C13H13F3N2S. The first-order valence-corrected chi connectivity index (χ1v) is 7.04. The van der Waals surface area contributed by atoms with Crippen molar-refractivity contribution in [2.45, 2.75) is 24.9 Å². The van der Waals surface area contributed by atoms with Crippen LogP contribution in [-0.2, 0) is 6.18 Å². The molecule has 1 aromatic heterocycles. The third kappa shape index (κ3) is 2.60. The van der Waals surface area contributed by atoms with Crippen molar-refractivity contribution in [2.75, 3.05) is 13.1 Å². The molecule has 2 nitrogen and oxygen atoms in total. The molecule has 0 radical (unpaired) electrons. The van der Waals surface area contributed by atoms with Gasteiger partial charge in [0.15, 0.2) is 0 Å². The second kappa shape index (κ2) is 4.76. The van der Waals surface area contributed by atoms with Crippen molar-refractivity contribution in [3.8, 4) is 0 Å². The molecule has 1 N–H and O–H groups in total. The summed E-state index contributed by atoms with van der Waals surface area (Å²) in [5, 5.41) is 4.24. The van der Waals surface area contributed by atoms with Gasteiger partial charge in [-0.2, -0.15) is 13.2 Å². The number of benzene rings is 1. The van der Waals surface area contributed by atoms with Crippen molar-refractivity contribution >= 4 is 21.6 Å². The largest absolute Gasteiger partial charge is 0.416 e. The maximum absolute atomic E-state index is 12.6. The highest BCUT2D eigenvalue weighted by Crippen LogP contribution is 2.36. The zero-order valence-electron chi connectivity index (χ0n) is 10.1. The zero-order chi connectivity index (χ0) is 13.5. The van der Waals surface area contributed by atoms with Gasteiger partial charge in [0.1, 0.15) is 0 Å². The molecule has 0 bridgehead atoms. The molecule has 1 aliphatic heterocycles. The van der Waals surface area contributed by atoms with Crippen LogP contribution in [0.1, 0.15) is 29.3 Å². The minimum absolute atomic E-state index is 0.382. The summed E-state index contributed by atoms with van der Waals surface area (Å²) in [5.41, 5.74) is -0.157. The van der Waals surface area contributed by atoms with Crippen molar-refractivity contribution in [1.82, 2.24) is 10.3 Å². The van der Waals surface area contributed by atoms with Gasteiger partial charge in [-0.25, -0.2) is 4.98 Å². The quantitative estimate of drug-likeness (QED) is 0.863. The second-order valence-corrected chi connectivity index (χ2v) is 5.82. The average molecular weight is 286 g/mol. The third-order valence-electron chi connectivity index (χ3n) is 3.42. The van der Waals surface area contributed by atoms with Gasteiger partial charge in [-0.1, -0.05) is 0 Å². The van der Waals surface area contributed by atoms with E-state index in [1.54, 1.807) is 0 Å². The van der Waals surface area contributed by atoms with E-state index in [1.165, 1.54) is 17.4 Å². The predicted octanol–water partition coefficient (Wildman–Crippen LogP) is 3.78. The van der Waals surface area contributed by atoms with E-state index < -0.39 is 11.7 Å². The van der Waals surface area contributed by atoms with Crippen LogP contribution in [0.3, 0.4) is 0 Å². The fourth-order valence-electron chi connectivity index (χ4n) is 2.37. The van der Waals surface area contributed by atoms with Crippen LogP contribution >= 0.6 is 11.3 Å². The molecule has 1 fully saturated rings. The van der Waals surface area contributed by atoms with Crippen molar-refractivity contribution in [3.05, 3.63) is 28.8 Å². The van der Waals surface area contributed by atoms with E-state index in [0.717, 1.165) is 47.8 Å². The number of thiazole rings is 1. The number of rotatable bonds is 1. The molecule has 102 valence electrons. The summed E-state index contributed by atoms with van der Waals surface area (Å²) >= 11 is 1.52. The molecule has 1 saturated heterocycles. The first-order chi connectivity index (χ1) is 9.04. The highest BCUT2D eigenvalue weighted by atomic mass is 32.1. The molecule has 0 saturated carbocycles. The molecule has 19 heavy (non-hydrogen) atoms. The standard InChI is InChI=1S/C13H13F3N2S/c14-13(15,16)9-1-2-11-10(7-9)18-12(19-11)8-3-5-17-6-4-8/h1-2,7-8,17H,3-6H2. The number of piperidine rings is 1. The minimum atomic E-state index is -4.30. The van der Waals surface area contributed by atoms with E-state index in [1.807, 2.05) is 0 Å². The highest BCUT2D eigenvalue weighted by molar-refractivity contribution is 7.18. The smallest absolute Gasteiger partial charge is 0.317 e. The summed E-state index contributed by atoms with van der Waals surface area (Å²) in [6.45, 7) is 1.91. The maximum Gasteiger partial charge on any atom is 0.416 e. The summed E-state index contributed by atoms with van der Waals surface area (Å²) in [6.07, 6.45) is -2.29. The molecule has 1 aliphatic rings. The SMILES string of the molecule is FC(F)(F)c1ccc2sc(C3CCNCC3)nc2c1. The number of aromatic nitrogens is 1. The summed E-state index contributed by atoms with van der Waals surface area (Å²) in [7, 11) is 0. The van der Waals surface area contributed by atoms with Gasteiger partial charge >= 0.3 is 6.18 Å². The Kier molecular flexibility index (Phi) is 3.22. The lowest BCUT2D eigenvalue weighted by molar-refractivity contribution is -0.137. The van der Waals surface area contributed by atoms with E-state index >= 15 is 0 Å². The van der Waals surface area contributed by atoms with Gasteiger partial charge in [0.2, 0.25) is 0 Å². The van der Waals surface area contributed by atoms with E-state index in [9.17, 15) is 13.2 Å². The molecule has 6 heteroatoms. The Hall–Kier alpha value is -1.14. The topological polar surface area (TPSA) is 24.9 Å². The van der Waals surface area contributed by atoms with Crippen LogP contribution in [0.5, 0.6) is 0 Å². The Morgan fingerprint density at radius 2 is 1.95 bits per heavy atom. The van der Waals surface area contributed by atoms with Gasteiger partial charge in [0.25, 0.3) is 0 Å². The molecule has 0 atom stereocenters. The van der Waals surface area contributed by atoms with Gasteiger partial charge in [-0.3, -0.25) is 0 Å². The Morgan fingerprint density at radius 1 is 1.21 bits per heavy atom. The lowest BCUT2D eigenvalue weighted by Crippen LogP contribution is -2.26. The van der Waals surface area contributed by atoms with Crippen molar-refractivity contribution < 1.29 is 13.2 Å². The van der Waals surface area contributed by atoms with Crippen LogP contribution in [-0.4, -0.2) is 18.1 Å². The third-order valence-corrected chi connectivity index (χ3v) is 4.62. The average Bonchev–Trinajstić information content (AvgIpc) is 2.81. The summed E-state index contributed by atoms with van der Waals surface area (Å²) < 4.78 is 38.8. The lowest BCUT2D eigenvalue weighted by Gasteiger charge is -2.20. The van der Waals surface area contributed by atoms with Gasteiger partial charge in [-0.05, 0) is 44.1 Å². The van der Waals surface area contributed by atoms with Gasteiger partial charge < -0.3 is 5.32 Å². The van der Waals surface area contributed by atoms with Crippen LogP contribution in [0, 0.1) is 0 Å². The molecule has 0 aliphatic carbocycles. The second-order valence-electron chi connectivity index (χ2n) is 4.76. The summed E-state index contributed by atoms with van der Waals surface area (Å²) in [6, 6.07) is 3.81. The molecule has 2 aromatic rings. The molecule has 1 aromatic carbocycles. The van der Waals surface area contributed by atoms with Gasteiger partial charge in [-0.15, -0.1) is 11.3 Å². The molecular weight excluding hydrogens is 273 g/mol. The van der Waals surface area contributed by atoms with Crippen molar-refractivity contribution in [3.63, 3.8) is 0 Å². The van der Waals surface area contributed by atoms with Crippen LogP contribution < -0.4 is 5.32 Å². The number of hydrogen-bond donors (Lipinski definition) is 1. The zero-order valence-corrected chi connectivity index (χ0v) is 10.9. The number of hydrogen-bond acceptors (Lipinski definition) is 3. The van der Waals surface area contributed by atoms with Crippen LogP contribution in [0.15, 0.2) is 18.2 Å². The highest BCUT2D eigenvalue weighted by Gasteiger charge is 2.31. The fourth-order valence-corrected chi connectivity index (χ4v) is 3.48. The first-order valence-electron chi connectivity index (χ1n) is 6.22. The fraction of sp³-hybridized carbons (Fsp3) is 0.462. The molecule has 0 spiro atoms. The van der Waals surface area contributed by atoms with Gasteiger partial charge in [0.05, 0.1) is 20.8 Å². The molecule has 3 rings (SSSR count). The van der Waals surface area contributed by atoms with Crippen LogP contribution in [0.2, 0.25) is 0 Å². The lowest BCUT2D eigenvalue weighted by atomic mass is 9.99. The van der Waals surface area contributed by atoms with Crippen molar-refractivity contribution in [2.24, 2.45) is 0 Å². The van der Waals surface area contributed by atoms with Crippen molar-refractivity contribution in [1.29, 1.82) is 0 Å². The normalized spacial score (nSPS) is 18.1. The number of fused-ring (bicyclic) bond motifs is 1. The van der Waals surface area contributed by atoms with E-state index in [-0.39, 0.29) is 0 Å². The predicted molar refractivity (Wildman–Crippen MR) is 69.5 cm³/mol. The molecule has 2 heterocycles. The Bertz CT molecular complexity index is 585. The number of nitrogens with zero attached hydrogens (tertiary/aromatic N) is 1. The summed E-state index contributed by atoms with van der Waals surface area (Å²) in [4.78, 5) is 4.40. The molecule has 0 amide bonds. The van der Waals surface area contributed by atoms with E-state index in [2.05, 4.69) is 10.3 Å². The van der Waals surface area contributed by atoms with E-state index in [4.69, 9.17) is 0 Å². The van der Waals surface area contributed by atoms with Crippen LogP contribution in [0.4, 0.5) is 13.2 Å². The van der Waals surface area contributed by atoms with Crippen LogP contribution in [0.25, 0.3) is 10.2 Å². The van der Waals surface area contributed by atoms with E-state index in [0.29, 0.717) is 11.4 Å². The van der Waals surface area contributed by atoms with Gasteiger partial charge in [0, 0.05) is 5.92 Å². The molecule has 0 unspecified atom stereocenters. The minimum Gasteiger partial charge on any atom is -0.317 e. The number of nitrogens with one attached hydrogen (secondary N) is 1. The monoisotopic (exact) mass is 286 g/mol. The maximum atomic E-state index is 12.6. The Morgan fingerprint density at radius 3 is 2.63 bits per heavy atom. The number of halogens is 3. The Balaban J connectivity index is 1.96. The first kappa shape index (κ1) is 12.9. The Labute approximate surface area is 112 Å².